The Morgan fingerprint density at radius 1 is 1.28 bits per heavy atom. The number of methoxy groups -OCH3 is 1. The van der Waals surface area contributed by atoms with Crippen LogP contribution in [0, 0.1) is 0 Å². The molecule has 0 spiro atoms. The maximum atomic E-state index is 6.12. The molecule has 3 nitrogen and oxygen atoms in total. The predicted molar refractivity (Wildman–Crippen MR) is 76.0 cm³/mol. The van der Waals surface area contributed by atoms with Gasteiger partial charge in [-0.1, -0.05) is 6.92 Å². The molecular weight excluding hydrogens is 226 g/mol. The Bertz CT molecular complexity index is 231. The third-order valence-corrected chi connectivity index (χ3v) is 4.09. The van der Waals surface area contributed by atoms with Gasteiger partial charge in [0.25, 0.3) is 0 Å². The molecule has 1 saturated carbocycles. The van der Waals surface area contributed by atoms with Gasteiger partial charge in [-0.2, -0.15) is 0 Å². The Labute approximate surface area is 113 Å². The third-order valence-electron chi connectivity index (χ3n) is 4.09. The van der Waals surface area contributed by atoms with Gasteiger partial charge in [0, 0.05) is 19.2 Å². The van der Waals surface area contributed by atoms with Crippen molar-refractivity contribution >= 4 is 0 Å². The molecular formula is C15H31NO2. The fourth-order valence-electron chi connectivity index (χ4n) is 2.36. The minimum atomic E-state index is 0.208. The number of hydrogen-bond donors (Lipinski definition) is 1. The molecule has 18 heavy (non-hydrogen) atoms. The summed E-state index contributed by atoms with van der Waals surface area (Å²) < 4.78 is 11.6. The summed E-state index contributed by atoms with van der Waals surface area (Å²) in [6.45, 7) is 9.77. The highest BCUT2D eigenvalue weighted by Crippen LogP contribution is 2.24. The number of ether oxygens (including phenoxy) is 2. The molecule has 3 unspecified atom stereocenters. The summed E-state index contributed by atoms with van der Waals surface area (Å²) in [4.78, 5) is 0. The maximum absolute atomic E-state index is 6.12. The minimum Gasteiger partial charge on any atom is -0.381 e. The van der Waals surface area contributed by atoms with E-state index < -0.39 is 0 Å². The van der Waals surface area contributed by atoms with Gasteiger partial charge in [0.15, 0.2) is 0 Å². The largest absolute Gasteiger partial charge is 0.381 e. The molecule has 0 aromatic rings. The van der Waals surface area contributed by atoms with Crippen LogP contribution in [0.1, 0.15) is 59.8 Å². The Hall–Kier alpha value is -0.120. The predicted octanol–water partition coefficient (Wildman–Crippen LogP) is 3.13. The standard InChI is InChI=1S/C15H31NO2/c1-6-15(3,4)16-11-12(2)18-14-9-7-8-13(10-14)17-5/h12-14,16H,6-11H2,1-5H3. The molecule has 1 aliphatic carbocycles. The number of hydrogen-bond acceptors (Lipinski definition) is 3. The van der Waals surface area contributed by atoms with Gasteiger partial charge >= 0.3 is 0 Å². The van der Waals surface area contributed by atoms with E-state index in [0.717, 1.165) is 19.4 Å². The van der Waals surface area contributed by atoms with Crippen molar-refractivity contribution in [2.75, 3.05) is 13.7 Å². The van der Waals surface area contributed by atoms with Crippen molar-refractivity contribution in [3.63, 3.8) is 0 Å². The maximum Gasteiger partial charge on any atom is 0.0675 e. The molecule has 1 fully saturated rings. The monoisotopic (exact) mass is 257 g/mol. The van der Waals surface area contributed by atoms with Gasteiger partial charge in [0.1, 0.15) is 0 Å². The van der Waals surface area contributed by atoms with E-state index in [1.54, 1.807) is 0 Å². The van der Waals surface area contributed by atoms with E-state index >= 15 is 0 Å². The summed E-state index contributed by atoms with van der Waals surface area (Å²) in [5.41, 5.74) is 0.208. The summed E-state index contributed by atoms with van der Waals surface area (Å²) in [5, 5.41) is 3.57. The lowest BCUT2D eigenvalue weighted by Crippen LogP contribution is -2.44. The SMILES string of the molecule is CCC(C)(C)NCC(C)OC1CCCC(OC)C1. The highest BCUT2D eigenvalue weighted by atomic mass is 16.5. The van der Waals surface area contributed by atoms with Crippen LogP contribution in [0.2, 0.25) is 0 Å². The quantitative estimate of drug-likeness (QED) is 0.760. The van der Waals surface area contributed by atoms with Crippen molar-refractivity contribution in [2.45, 2.75) is 83.6 Å². The first-order chi connectivity index (χ1) is 8.46. The molecule has 0 aromatic heterocycles. The normalized spacial score (nSPS) is 27.2. The van der Waals surface area contributed by atoms with Crippen molar-refractivity contribution in [1.29, 1.82) is 0 Å². The fraction of sp³-hybridized carbons (Fsp3) is 1.00. The second kappa shape index (κ2) is 7.46. The lowest BCUT2D eigenvalue weighted by molar-refractivity contribution is -0.0594. The molecule has 0 bridgehead atoms. The van der Waals surface area contributed by atoms with Crippen LogP contribution < -0.4 is 5.32 Å². The molecule has 0 amide bonds. The minimum absolute atomic E-state index is 0.208. The van der Waals surface area contributed by atoms with Crippen molar-refractivity contribution in [3.05, 3.63) is 0 Å². The van der Waals surface area contributed by atoms with E-state index in [-0.39, 0.29) is 11.6 Å². The molecule has 1 N–H and O–H groups in total. The Morgan fingerprint density at radius 3 is 2.56 bits per heavy atom. The Kier molecular flexibility index (Phi) is 6.61. The lowest BCUT2D eigenvalue weighted by Gasteiger charge is -2.32. The molecule has 0 radical (unpaired) electrons. The topological polar surface area (TPSA) is 30.5 Å². The first-order valence-corrected chi connectivity index (χ1v) is 7.40. The molecule has 3 atom stereocenters. The summed E-state index contributed by atoms with van der Waals surface area (Å²) in [6.07, 6.45) is 6.84. The first-order valence-electron chi connectivity index (χ1n) is 7.40. The van der Waals surface area contributed by atoms with Crippen LogP contribution in [0.3, 0.4) is 0 Å². The van der Waals surface area contributed by atoms with Crippen molar-refractivity contribution < 1.29 is 9.47 Å². The van der Waals surface area contributed by atoms with E-state index in [1.165, 1.54) is 19.3 Å². The molecule has 1 aliphatic rings. The second-order valence-corrected chi connectivity index (χ2v) is 6.21. The lowest BCUT2D eigenvalue weighted by atomic mass is 9.95. The van der Waals surface area contributed by atoms with E-state index in [4.69, 9.17) is 9.47 Å². The van der Waals surface area contributed by atoms with Crippen molar-refractivity contribution in [2.24, 2.45) is 0 Å². The third kappa shape index (κ3) is 5.68. The van der Waals surface area contributed by atoms with Crippen LogP contribution in [-0.4, -0.2) is 37.5 Å². The summed E-state index contributed by atoms with van der Waals surface area (Å²) in [5.74, 6) is 0. The van der Waals surface area contributed by atoms with Crippen LogP contribution in [0.25, 0.3) is 0 Å². The van der Waals surface area contributed by atoms with Crippen LogP contribution >= 0.6 is 0 Å². The van der Waals surface area contributed by atoms with Gasteiger partial charge in [-0.15, -0.1) is 0 Å². The zero-order valence-electron chi connectivity index (χ0n) is 12.8. The van der Waals surface area contributed by atoms with Crippen LogP contribution in [0.4, 0.5) is 0 Å². The van der Waals surface area contributed by atoms with E-state index in [1.807, 2.05) is 7.11 Å². The van der Waals surface area contributed by atoms with E-state index in [0.29, 0.717) is 12.2 Å². The van der Waals surface area contributed by atoms with Gasteiger partial charge in [0.2, 0.25) is 0 Å². The smallest absolute Gasteiger partial charge is 0.0675 e. The highest BCUT2D eigenvalue weighted by molar-refractivity contribution is 4.78. The first kappa shape index (κ1) is 15.9. The van der Waals surface area contributed by atoms with Crippen molar-refractivity contribution in [3.8, 4) is 0 Å². The highest BCUT2D eigenvalue weighted by Gasteiger charge is 2.24. The number of nitrogens with one attached hydrogen (secondary N) is 1. The summed E-state index contributed by atoms with van der Waals surface area (Å²) in [6, 6.07) is 0. The van der Waals surface area contributed by atoms with E-state index in [9.17, 15) is 0 Å². The molecule has 0 saturated heterocycles. The zero-order valence-corrected chi connectivity index (χ0v) is 12.8. The number of rotatable bonds is 7. The zero-order chi connectivity index (χ0) is 13.6. The van der Waals surface area contributed by atoms with Crippen LogP contribution in [0.15, 0.2) is 0 Å². The molecule has 0 heterocycles. The van der Waals surface area contributed by atoms with Gasteiger partial charge in [0.05, 0.1) is 18.3 Å². The van der Waals surface area contributed by atoms with Gasteiger partial charge in [-0.25, -0.2) is 0 Å². The molecule has 1 rings (SSSR count). The second-order valence-electron chi connectivity index (χ2n) is 6.21. The molecule has 0 aromatic carbocycles. The average molecular weight is 257 g/mol. The molecule has 108 valence electrons. The Balaban J connectivity index is 2.25. The fourth-order valence-corrected chi connectivity index (χ4v) is 2.36. The van der Waals surface area contributed by atoms with Gasteiger partial charge in [-0.05, 0) is 52.9 Å². The van der Waals surface area contributed by atoms with Crippen LogP contribution in [-0.2, 0) is 9.47 Å². The van der Waals surface area contributed by atoms with Crippen LogP contribution in [0.5, 0.6) is 0 Å². The van der Waals surface area contributed by atoms with Gasteiger partial charge < -0.3 is 14.8 Å². The molecule has 0 aliphatic heterocycles. The van der Waals surface area contributed by atoms with Crippen molar-refractivity contribution in [1.82, 2.24) is 5.32 Å². The van der Waals surface area contributed by atoms with Gasteiger partial charge in [-0.3, -0.25) is 0 Å². The summed E-state index contributed by atoms with van der Waals surface area (Å²) in [7, 11) is 1.81. The average Bonchev–Trinajstić information content (AvgIpc) is 2.37. The Morgan fingerprint density at radius 2 is 1.94 bits per heavy atom. The molecule has 3 heteroatoms. The van der Waals surface area contributed by atoms with E-state index in [2.05, 4.69) is 33.0 Å². The summed E-state index contributed by atoms with van der Waals surface area (Å²) >= 11 is 0.